The lowest BCUT2D eigenvalue weighted by atomic mass is 10.2. The molecule has 1 fully saturated rings. The average Bonchev–Trinajstić information content (AvgIpc) is 2.99. The highest BCUT2D eigenvalue weighted by molar-refractivity contribution is 7.89. The van der Waals surface area contributed by atoms with Gasteiger partial charge in [0.2, 0.25) is 10.0 Å². The molecule has 2 heterocycles. The lowest BCUT2D eigenvalue weighted by Crippen LogP contribution is -2.50. The van der Waals surface area contributed by atoms with Gasteiger partial charge in [0.25, 0.3) is 5.91 Å². The maximum Gasteiger partial charge on any atom is 0.417 e. The van der Waals surface area contributed by atoms with E-state index in [-0.39, 0.29) is 42.0 Å². The number of rotatable bonds is 3. The Morgan fingerprint density at radius 1 is 1.00 bits per heavy atom. The van der Waals surface area contributed by atoms with Crippen molar-refractivity contribution in [1.82, 2.24) is 14.2 Å². The largest absolute Gasteiger partial charge is 0.417 e. The summed E-state index contributed by atoms with van der Waals surface area (Å²) in [5.74, 6) is -0.415. The number of hydrogen-bond donors (Lipinski definition) is 1. The second-order valence-corrected chi connectivity index (χ2v) is 9.31. The summed E-state index contributed by atoms with van der Waals surface area (Å²) in [5, 5.41) is -0.297. The van der Waals surface area contributed by atoms with E-state index in [0.29, 0.717) is 6.07 Å². The standard InChI is InChI=1S/C16H13Cl3F3N3O3S/c17-11-2-1-9(7-10(11)16(20,21)22)29(27,28)25-5-3-24(4-6-25)15(26)13-8-12(18)14(19)23-13/h1-2,7-8,23H,3-6H2. The SMILES string of the molecule is O=C(c1cc(Cl)c(Cl)[nH]1)N1CCN(S(=O)(=O)c2ccc(Cl)c(C(F)(F)F)c2)CC1. The van der Waals surface area contributed by atoms with E-state index in [2.05, 4.69) is 4.98 Å². The third-order valence-corrected chi connectivity index (χ3v) is 7.28. The number of H-pyrrole nitrogens is 1. The highest BCUT2D eigenvalue weighted by atomic mass is 35.5. The van der Waals surface area contributed by atoms with Crippen LogP contribution in [0.1, 0.15) is 16.1 Å². The molecule has 1 aliphatic rings. The molecule has 0 radical (unpaired) electrons. The predicted octanol–water partition coefficient (Wildman–Crippen LogP) is 4.14. The van der Waals surface area contributed by atoms with Crippen LogP contribution in [0, 0.1) is 0 Å². The van der Waals surface area contributed by atoms with E-state index in [1.54, 1.807) is 0 Å². The van der Waals surface area contributed by atoms with Gasteiger partial charge in [0.1, 0.15) is 10.8 Å². The van der Waals surface area contributed by atoms with E-state index in [0.717, 1.165) is 16.4 Å². The van der Waals surface area contributed by atoms with E-state index in [4.69, 9.17) is 34.8 Å². The average molecular weight is 491 g/mol. The number of nitrogens with zero attached hydrogens (tertiary/aromatic N) is 2. The van der Waals surface area contributed by atoms with Gasteiger partial charge in [-0.25, -0.2) is 8.42 Å². The van der Waals surface area contributed by atoms with Crippen LogP contribution in [-0.2, 0) is 16.2 Å². The van der Waals surface area contributed by atoms with Crippen molar-refractivity contribution >= 4 is 50.7 Å². The van der Waals surface area contributed by atoms with Crippen molar-refractivity contribution < 1.29 is 26.4 Å². The zero-order valence-corrected chi connectivity index (χ0v) is 17.5. The maximum atomic E-state index is 13.0. The summed E-state index contributed by atoms with van der Waals surface area (Å²) in [6.45, 7) is -0.0709. The van der Waals surface area contributed by atoms with Crippen molar-refractivity contribution in [3.8, 4) is 0 Å². The highest BCUT2D eigenvalue weighted by Gasteiger charge is 2.36. The van der Waals surface area contributed by atoms with Crippen LogP contribution < -0.4 is 0 Å². The van der Waals surface area contributed by atoms with Crippen LogP contribution in [0.3, 0.4) is 0 Å². The topological polar surface area (TPSA) is 73.5 Å². The zero-order valence-electron chi connectivity index (χ0n) is 14.4. The van der Waals surface area contributed by atoms with Gasteiger partial charge in [-0.2, -0.15) is 17.5 Å². The minimum atomic E-state index is -4.79. The molecule has 6 nitrogen and oxygen atoms in total. The lowest BCUT2D eigenvalue weighted by molar-refractivity contribution is -0.137. The van der Waals surface area contributed by atoms with Crippen molar-refractivity contribution in [1.29, 1.82) is 0 Å². The summed E-state index contributed by atoms with van der Waals surface area (Å²) in [6, 6.07) is 3.79. The second-order valence-electron chi connectivity index (χ2n) is 6.18. The van der Waals surface area contributed by atoms with Crippen LogP contribution in [0.2, 0.25) is 15.2 Å². The molecule has 0 aliphatic carbocycles. The maximum absolute atomic E-state index is 13.0. The first-order chi connectivity index (χ1) is 13.4. The normalized spacial score (nSPS) is 16.3. The number of amides is 1. The van der Waals surface area contributed by atoms with E-state index >= 15 is 0 Å². The molecule has 1 aromatic carbocycles. The number of nitrogens with one attached hydrogen (secondary N) is 1. The summed E-state index contributed by atoms with van der Waals surface area (Å²) in [4.78, 5) is 16.0. The number of halogens is 6. The number of aromatic amines is 1. The Labute approximate surface area is 179 Å². The number of piperazine rings is 1. The van der Waals surface area contributed by atoms with Crippen LogP contribution in [0.5, 0.6) is 0 Å². The monoisotopic (exact) mass is 489 g/mol. The third-order valence-electron chi connectivity index (χ3n) is 4.36. The van der Waals surface area contributed by atoms with Gasteiger partial charge in [-0.1, -0.05) is 34.8 Å². The van der Waals surface area contributed by atoms with Gasteiger partial charge in [-0.15, -0.1) is 0 Å². The smallest absolute Gasteiger partial charge is 0.340 e. The van der Waals surface area contributed by atoms with Crippen LogP contribution >= 0.6 is 34.8 Å². The van der Waals surface area contributed by atoms with E-state index in [1.165, 1.54) is 11.0 Å². The van der Waals surface area contributed by atoms with E-state index in [1.807, 2.05) is 0 Å². The van der Waals surface area contributed by atoms with Gasteiger partial charge in [0.05, 0.1) is 20.5 Å². The van der Waals surface area contributed by atoms with Crippen LogP contribution in [0.25, 0.3) is 0 Å². The third kappa shape index (κ3) is 4.51. The fourth-order valence-electron chi connectivity index (χ4n) is 2.85. The summed E-state index contributed by atoms with van der Waals surface area (Å²) in [5.41, 5.74) is -1.07. The van der Waals surface area contributed by atoms with Crippen molar-refractivity contribution in [3.05, 3.63) is 50.7 Å². The Kier molecular flexibility index (Phi) is 6.13. The van der Waals surface area contributed by atoms with Gasteiger partial charge in [-0.3, -0.25) is 4.79 Å². The molecule has 0 atom stereocenters. The number of alkyl halides is 3. The molecule has 29 heavy (non-hydrogen) atoms. The Balaban J connectivity index is 1.75. The van der Waals surface area contributed by atoms with E-state index < -0.39 is 37.6 Å². The number of aromatic nitrogens is 1. The molecule has 1 aromatic heterocycles. The van der Waals surface area contributed by atoms with Gasteiger partial charge in [0.15, 0.2) is 0 Å². The highest BCUT2D eigenvalue weighted by Crippen LogP contribution is 2.36. The second kappa shape index (κ2) is 7.99. The van der Waals surface area contributed by atoms with Gasteiger partial charge >= 0.3 is 6.18 Å². The summed E-state index contributed by atoms with van der Waals surface area (Å²) in [6.07, 6.45) is -4.79. The Bertz CT molecular complexity index is 1030. The Hall–Kier alpha value is -1.46. The van der Waals surface area contributed by atoms with Crippen LogP contribution in [-0.4, -0.2) is 54.7 Å². The molecular weight excluding hydrogens is 478 g/mol. The first kappa shape index (κ1) is 22.2. The van der Waals surface area contributed by atoms with Gasteiger partial charge < -0.3 is 9.88 Å². The molecule has 158 valence electrons. The fourth-order valence-corrected chi connectivity index (χ4v) is 4.84. The van der Waals surface area contributed by atoms with Crippen molar-refractivity contribution in [3.63, 3.8) is 0 Å². The lowest BCUT2D eigenvalue weighted by Gasteiger charge is -2.33. The molecule has 1 N–H and O–H groups in total. The zero-order chi connectivity index (χ0) is 21.6. The van der Waals surface area contributed by atoms with Gasteiger partial charge in [-0.05, 0) is 24.3 Å². The van der Waals surface area contributed by atoms with Crippen LogP contribution in [0.15, 0.2) is 29.2 Å². The fraction of sp³-hybridized carbons (Fsp3) is 0.312. The number of hydrogen-bond acceptors (Lipinski definition) is 3. The molecule has 13 heteroatoms. The molecule has 0 unspecified atom stereocenters. The van der Waals surface area contributed by atoms with Gasteiger partial charge in [0, 0.05) is 26.2 Å². The van der Waals surface area contributed by atoms with Crippen LogP contribution in [0.4, 0.5) is 13.2 Å². The molecule has 1 aliphatic heterocycles. The molecule has 0 saturated carbocycles. The first-order valence-electron chi connectivity index (χ1n) is 8.11. The van der Waals surface area contributed by atoms with E-state index in [9.17, 15) is 26.4 Å². The first-order valence-corrected chi connectivity index (χ1v) is 10.7. The van der Waals surface area contributed by atoms with Crippen molar-refractivity contribution in [2.45, 2.75) is 11.1 Å². The minimum absolute atomic E-state index is 0.0477. The van der Waals surface area contributed by atoms with Crippen molar-refractivity contribution in [2.75, 3.05) is 26.2 Å². The molecule has 3 rings (SSSR count). The number of sulfonamides is 1. The molecular formula is C16H13Cl3F3N3O3S. The number of carbonyl (C=O) groups excluding carboxylic acids is 1. The molecule has 0 spiro atoms. The summed E-state index contributed by atoms with van der Waals surface area (Å²) >= 11 is 17.1. The number of benzene rings is 1. The molecule has 1 saturated heterocycles. The molecule has 1 amide bonds. The van der Waals surface area contributed by atoms with Crippen molar-refractivity contribution in [2.24, 2.45) is 0 Å². The Morgan fingerprint density at radius 3 is 2.14 bits per heavy atom. The molecule has 0 bridgehead atoms. The minimum Gasteiger partial charge on any atom is -0.340 e. The summed E-state index contributed by atoms with van der Waals surface area (Å²) in [7, 11) is -4.19. The predicted molar refractivity (Wildman–Crippen MR) is 102 cm³/mol. The summed E-state index contributed by atoms with van der Waals surface area (Å²) < 4.78 is 65.6. The number of carbonyl (C=O) groups is 1. The Morgan fingerprint density at radius 2 is 1.62 bits per heavy atom. The quantitative estimate of drug-likeness (QED) is 0.703. The molecule has 2 aromatic rings.